The molecule has 1 amide bonds. The van der Waals surface area contributed by atoms with E-state index in [4.69, 9.17) is 0 Å². The molecule has 0 spiro atoms. The summed E-state index contributed by atoms with van der Waals surface area (Å²) in [5, 5.41) is 21.2. The maximum atomic E-state index is 13.4. The molecule has 0 radical (unpaired) electrons. The van der Waals surface area contributed by atoms with Crippen molar-refractivity contribution in [3.63, 3.8) is 0 Å². The molecule has 2 aromatic heterocycles. The highest BCUT2D eigenvalue weighted by Crippen LogP contribution is 2.58. The third kappa shape index (κ3) is 3.79. The summed E-state index contributed by atoms with van der Waals surface area (Å²) in [6.07, 6.45) is 7.94. The minimum Gasteiger partial charge on any atom is -0.481 e. The number of carboxylic acid groups (broad SMARTS) is 1. The zero-order valence-electron chi connectivity index (χ0n) is 18.5. The van der Waals surface area contributed by atoms with Crippen molar-refractivity contribution in [2.45, 2.75) is 76.3 Å². The fourth-order valence-corrected chi connectivity index (χ4v) is 5.31. The van der Waals surface area contributed by atoms with Gasteiger partial charge >= 0.3 is 5.97 Å². The van der Waals surface area contributed by atoms with Crippen molar-refractivity contribution < 1.29 is 23.5 Å². The van der Waals surface area contributed by atoms with Gasteiger partial charge in [-0.3, -0.25) is 14.6 Å². The summed E-state index contributed by atoms with van der Waals surface area (Å²) in [5.41, 5.74) is -0.564. The Balaban J connectivity index is 1.25. The predicted molar refractivity (Wildman–Crippen MR) is 112 cm³/mol. The molecule has 10 heteroatoms. The summed E-state index contributed by atoms with van der Waals surface area (Å²) < 4.78 is 28.3. The second kappa shape index (κ2) is 7.30. The highest BCUT2D eigenvalue weighted by atomic mass is 19.3. The standard InChI is InChI=1S/C23H27F2N5O3/c1-20(24,25)15-2-3-16(26-12-15)13-30-14-17(28-29-30)23(10-11-23)27-18(31)21-4-7-22(8-5-21,9-6-21)19(32)33/h2-3,12,14H,4-11,13H2,1H3,(H,27,31)(H,32,33). The molecule has 2 heterocycles. The van der Waals surface area contributed by atoms with Gasteiger partial charge in [0.1, 0.15) is 5.69 Å². The van der Waals surface area contributed by atoms with Crippen LogP contribution in [0.15, 0.2) is 24.5 Å². The fourth-order valence-electron chi connectivity index (χ4n) is 5.31. The number of carbonyl (C=O) groups is 2. The van der Waals surface area contributed by atoms with E-state index >= 15 is 0 Å². The maximum Gasteiger partial charge on any atom is 0.309 e. The SMILES string of the molecule is CC(F)(F)c1ccc(Cn2cc(C3(NC(=O)C45CCC(C(=O)O)(CC4)CC5)CC3)nn2)nc1. The number of rotatable bonds is 7. The average Bonchev–Trinajstić information content (AvgIpc) is 3.42. The molecule has 0 saturated heterocycles. The Morgan fingerprint density at radius 1 is 1.09 bits per heavy atom. The molecule has 33 heavy (non-hydrogen) atoms. The van der Waals surface area contributed by atoms with E-state index in [1.54, 1.807) is 16.9 Å². The van der Waals surface area contributed by atoms with Gasteiger partial charge in [0.05, 0.1) is 29.4 Å². The molecule has 0 unspecified atom stereocenters. The summed E-state index contributed by atoms with van der Waals surface area (Å²) >= 11 is 0. The van der Waals surface area contributed by atoms with Crippen LogP contribution in [0.1, 0.15) is 75.2 Å². The molecule has 2 bridgehead atoms. The van der Waals surface area contributed by atoms with Crippen molar-refractivity contribution >= 4 is 11.9 Å². The molecular formula is C23H27F2N5O3. The van der Waals surface area contributed by atoms with E-state index in [2.05, 4.69) is 20.6 Å². The van der Waals surface area contributed by atoms with Crippen LogP contribution in [0.2, 0.25) is 0 Å². The lowest BCUT2D eigenvalue weighted by molar-refractivity contribution is -0.163. The lowest BCUT2D eigenvalue weighted by Crippen LogP contribution is -2.54. The van der Waals surface area contributed by atoms with Crippen molar-refractivity contribution in [1.29, 1.82) is 0 Å². The van der Waals surface area contributed by atoms with Crippen LogP contribution in [0, 0.1) is 10.8 Å². The Morgan fingerprint density at radius 3 is 2.24 bits per heavy atom. The number of aliphatic carboxylic acids is 1. The van der Waals surface area contributed by atoms with Crippen LogP contribution in [-0.2, 0) is 27.6 Å². The Labute approximate surface area is 189 Å². The first-order chi connectivity index (χ1) is 15.6. The van der Waals surface area contributed by atoms with Crippen LogP contribution in [0.25, 0.3) is 0 Å². The minimum atomic E-state index is -2.94. The van der Waals surface area contributed by atoms with Crippen molar-refractivity contribution in [3.05, 3.63) is 41.5 Å². The quantitative estimate of drug-likeness (QED) is 0.657. The molecule has 4 saturated carbocycles. The van der Waals surface area contributed by atoms with Crippen molar-refractivity contribution in [1.82, 2.24) is 25.3 Å². The van der Waals surface area contributed by atoms with Crippen LogP contribution in [0.4, 0.5) is 8.78 Å². The molecular weight excluding hydrogens is 432 g/mol. The van der Waals surface area contributed by atoms with Gasteiger partial charge in [0.25, 0.3) is 5.92 Å². The van der Waals surface area contributed by atoms with Gasteiger partial charge in [0.15, 0.2) is 0 Å². The summed E-state index contributed by atoms with van der Waals surface area (Å²) in [6, 6.07) is 2.90. The van der Waals surface area contributed by atoms with Gasteiger partial charge in [0.2, 0.25) is 5.91 Å². The minimum absolute atomic E-state index is 0.00834. The van der Waals surface area contributed by atoms with E-state index in [0.29, 0.717) is 49.9 Å². The number of aromatic nitrogens is 4. The van der Waals surface area contributed by atoms with Crippen molar-refractivity contribution in [2.75, 3.05) is 0 Å². The number of amides is 1. The number of carboxylic acids is 1. The van der Waals surface area contributed by atoms with Gasteiger partial charge in [0, 0.05) is 24.1 Å². The lowest BCUT2D eigenvalue weighted by atomic mass is 9.53. The lowest BCUT2D eigenvalue weighted by Gasteiger charge is -2.50. The third-order valence-corrected chi connectivity index (χ3v) is 7.97. The number of hydrogen-bond donors (Lipinski definition) is 2. The van der Waals surface area contributed by atoms with Crippen molar-refractivity contribution in [2.24, 2.45) is 10.8 Å². The van der Waals surface area contributed by atoms with Crippen LogP contribution >= 0.6 is 0 Å². The number of carbonyl (C=O) groups excluding carboxylic acids is 1. The molecule has 6 rings (SSSR count). The molecule has 4 aliphatic rings. The molecule has 176 valence electrons. The number of pyridine rings is 1. The molecule has 2 N–H and O–H groups in total. The second-order valence-electron chi connectivity index (χ2n) is 10.1. The first-order valence-electron chi connectivity index (χ1n) is 11.4. The zero-order chi connectivity index (χ0) is 23.5. The molecule has 0 aliphatic heterocycles. The zero-order valence-corrected chi connectivity index (χ0v) is 18.5. The van der Waals surface area contributed by atoms with E-state index in [0.717, 1.165) is 19.8 Å². The maximum absolute atomic E-state index is 13.4. The van der Waals surface area contributed by atoms with Crippen LogP contribution in [0.3, 0.4) is 0 Å². The smallest absolute Gasteiger partial charge is 0.309 e. The third-order valence-electron chi connectivity index (χ3n) is 7.97. The number of nitrogens with one attached hydrogen (secondary N) is 1. The summed E-state index contributed by atoms with van der Waals surface area (Å²) in [5.74, 6) is -3.68. The van der Waals surface area contributed by atoms with Crippen LogP contribution in [0.5, 0.6) is 0 Å². The highest BCUT2D eigenvalue weighted by Gasteiger charge is 2.58. The molecule has 4 fully saturated rings. The number of halogens is 2. The van der Waals surface area contributed by atoms with Gasteiger partial charge in [-0.05, 0) is 63.5 Å². The summed E-state index contributed by atoms with van der Waals surface area (Å²) in [6.45, 7) is 1.12. The Kier molecular flexibility index (Phi) is 4.84. The first-order valence-corrected chi connectivity index (χ1v) is 11.4. The summed E-state index contributed by atoms with van der Waals surface area (Å²) in [4.78, 5) is 29.1. The number of nitrogens with zero attached hydrogens (tertiary/aromatic N) is 4. The van der Waals surface area contributed by atoms with Gasteiger partial charge in [-0.25, -0.2) is 13.5 Å². The molecule has 8 nitrogen and oxygen atoms in total. The molecule has 2 aromatic rings. The largest absolute Gasteiger partial charge is 0.481 e. The van der Waals surface area contributed by atoms with Gasteiger partial charge in [-0.2, -0.15) is 0 Å². The predicted octanol–water partition coefficient (Wildman–Crippen LogP) is 3.36. The average molecular weight is 459 g/mol. The van der Waals surface area contributed by atoms with Crippen LogP contribution in [-0.4, -0.2) is 37.0 Å². The fraction of sp³-hybridized carbons (Fsp3) is 0.609. The van der Waals surface area contributed by atoms with Crippen LogP contribution < -0.4 is 5.32 Å². The number of alkyl halides is 2. The monoisotopic (exact) mass is 459 g/mol. The Morgan fingerprint density at radius 2 is 1.73 bits per heavy atom. The first kappa shape index (κ1) is 21.9. The highest BCUT2D eigenvalue weighted by molar-refractivity contribution is 5.85. The number of hydrogen-bond acceptors (Lipinski definition) is 5. The Bertz CT molecular complexity index is 1060. The van der Waals surface area contributed by atoms with Gasteiger partial charge < -0.3 is 10.4 Å². The second-order valence-corrected chi connectivity index (χ2v) is 10.1. The number of fused-ring (bicyclic) bond motifs is 3. The molecule has 0 aromatic carbocycles. The van der Waals surface area contributed by atoms with E-state index < -0.39 is 28.3 Å². The van der Waals surface area contributed by atoms with E-state index in [9.17, 15) is 23.5 Å². The normalized spacial score (nSPS) is 27.8. The molecule has 0 atom stereocenters. The Hall–Kier alpha value is -2.91. The van der Waals surface area contributed by atoms with E-state index in [-0.39, 0.29) is 18.0 Å². The van der Waals surface area contributed by atoms with Gasteiger partial charge in [-0.1, -0.05) is 5.21 Å². The topological polar surface area (TPSA) is 110 Å². The molecule has 4 aliphatic carbocycles. The summed E-state index contributed by atoms with van der Waals surface area (Å²) in [7, 11) is 0. The van der Waals surface area contributed by atoms with Crippen molar-refractivity contribution in [3.8, 4) is 0 Å². The van der Waals surface area contributed by atoms with E-state index in [1.165, 1.54) is 12.3 Å². The van der Waals surface area contributed by atoms with E-state index in [1.807, 2.05) is 0 Å². The van der Waals surface area contributed by atoms with Gasteiger partial charge in [-0.15, -0.1) is 5.10 Å².